The number of benzene rings is 1. The summed E-state index contributed by atoms with van der Waals surface area (Å²) in [6, 6.07) is 8.31. The number of nitrogens with one attached hydrogen (secondary N) is 1. The van der Waals surface area contributed by atoms with Gasteiger partial charge in [-0.3, -0.25) is 4.79 Å². The molecule has 0 spiro atoms. The summed E-state index contributed by atoms with van der Waals surface area (Å²) < 4.78 is 26.8. The standard InChI is InChI=1S/C18H22N2O3S2/c1-14(11-15-7-10-24-13-15)19-18(21)16-5-4-6-17(12-16)25(22,23)20-8-2-3-9-20/h4-7,10,12-14H,2-3,8-9,11H2,1H3,(H,19,21). The Morgan fingerprint density at radius 2 is 2.04 bits per heavy atom. The van der Waals surface area contributed by atoms with Crippen molar-refractivity contribution in [2.24, 2.45) is 0 Å². The summed E-state index contributed by atoms with van der Waals surface area (Å²) in [5, 5.41) is 7.01. The van der Waals surface area contributed by atoms with Crippen molar-refractivity contribution in [3.63, 3.8) is 0 Å². The Bertz CT molecular complexity index is 826. The number of carbonyl (C=O) groups is 1. The lowest BCUT2D eigenvalue weighted by Crippen LogP contribution is -2.34. The van der Waals surface area contributed by atoms with Gasteiger partial charge >= 0.3 is 0 Å². The van der Waals surface area contributed by atoms with Gasteiger partial charge in [-0.05, 0) is 66.8 Å². The van der Waals surface area contributed by atoms with Crippen LogP contribution in [0.1, 0.15) is 35.7 Å². The fraction of sp³-hybridized carbons (Fsp3) is 0.389. The minimum absolute atomic E-state index is 0.0269. The molecule has 5 nitrogen and oxygen atoms in total. The van der Waals surface area contributed by atoms with E-state index in [9.17, 15) is 13.2 Å². The molecule has 2 aromatic rings. The molecule has 0 aliphatic carbocycles. The second-order valence-corrected chi connectivity index (χ2v) is 9.07. The highest BCUT2D eigenvalue weighted by Crippen LogP contribution is 2.21. The van der Waals surface area contributed by atoms with E-state index in [1.807, 2.05) is 18.4 Å². The highest BCUT2D eigenvalue weighted by molar-refractivity contribution is 7.89. The van der Waals surface area contributed by atoms with Crippen molar-refractivity contribution in [2.75, 3.05) is 13.1 Å². The Balaban J connectivity index is 1.71. The summed E-state index contributed by atoms with van der Waals surface area (Å²) in [7, 11) is -3.51. The topological polar surface area (TPSA) is 66.5 Å². The summed E-state index contributed by atoms with van der Waals surface area (Å²) >= 11 is 1.63. The molecule has 0 radical (unpaired) electrons. The number of nitrogens with zero attached hydrogens (tertiary/aromatic N) is 1. The number of carbonyl (C=O) groups excluding carboxylic acids is 1. The SMILES string of the molecule is CC(Cc1ccsc1)NC(=O)c1cccc(S(=O)(=O)N2CCCC2)c1. The van der Waals surface area contributed by atoms with E-state index in [1.165, 1.54) is 15.9 Å². The van der Waals surface area contributed by atoms with E-state index in [2.05, 4.69) is 10.7 Å². The van der Waals surface area contributed by atoms with Crippen LogP contribution in [-0.2, 0) is 16.4 Å². The zero-order valence-corrected chi connectivity index (χ0v) is 15.8. The number of thiophene rings is 1. The third-order valence-electron chi connectivity index (χ3n) is 4.30. The molecule has 0 saturated carbocycles. The van der Waals surface area contributed by atoms with Crippen LogP contribution in [0.2, 0.25) is 0 Å². The molecule has 1 amide bonds. The Kier molecular flexibility index (Phi) is 5.56. The lowest BCUT2D eigenvalue weighted by atomic mass is 10.1. The van der Waals surface area contributed by atoms with Gasteiger partial charge in [0.2, 0.25) is 10.0 Å². The monoisotopic (exact) mass is 378 g/mol. The average Bonchev–Trinajstić information content (AvgIpc) is 3.28. The molecule has 1 aromatic carbocycles. The minimum atomic E-state index is -3.51. The first-order valence-electron chi connectivity index (χ1n) is 8.39. The second-order valence-electron chi connectivity index (χ2n) is 6.35. The van der Waals surface area contributed by atoms with E-state index in [1.54, 1.807) is 29.5 Å². The van der Waals surface area contributed by atoms with E-state index in [0.717, 1.165) is 19.3 Å². The Labute approximate surface area is 152 Å². The Morgan fingerprint density at radius 3 is 2.72 bits per heavy atom. The third-order valence-corrected chi connectivity index (χ3v) is 6.93. The average molecular weight is 379 g/mol. The van der Waals surface area contributed by atoms with Gasteiger partial charge in [-0.15, -0.1) is 0 Å². The molecular weight excluding hydrogens is 356 g/mol. The molecule has 1 atom stereocenters. The van der Waals surface area contributed by atoms with Crippen molar-refractivity contribution < 1.29 is 13.2 Å². The van der Waals surface area contributed by atoms with Crippen molar-refractivity contribution in [3.8, 4) is 0 Å². The quantitative estimate of drug-likeness (QED) is 0.840. The fourth-order valence-corrected chi connectivity index (χ4v) is 5.24. The van der Waals surface area contributed by atoms with Gasteiger partial charge in [0.15, 0.2) is 0 Å². The van der Waals surface area contributed by atoms with Gasteiger partial charge in [-0.1, -0.05) is 6.07 Å². The zero-order valence-electron chi connectivity index (χ0n) is 14.1. The lowest BCUT2D eigenvalue weighted by Gasteiger charge is -2.17. The smallest absolute Gasteiger partial charge is 0.251 e. The minimum Gasteiger partial charge on any atom is -0.349 e. The Morgan fingerprint density at radius 1 is 1.28 bits per heavy atom. The first-order chi connectivity index (χ1) is 12.0. The molecule has 1 fully saturated rings. The third kappa shape index (κ3) is 4.29. The highest BCUT2D eigenvalue weighted by atomic mass is 32.2. The molecule has 1 aromatic heterocycles. The van der Waals surface area contributed by atoms with E-state index >= 15 is 0 Å². The van der Waals surface area contributed by atoms with Crippen molar-refractivity contribution >= 4 is 27.3 Å². The van der Waals surface area contributed by atoms with Gasteiger partial charge in [0, 0.05) is 24.7 Å². The maximum atomic E-state index is 12.6. The molecule has 1 aliphatic rings. The number of rotatable bonds is 6. The molecule has 1 saturated heterocycles. The molecular formula is C18H22N2O3S2. The van der Waals surface area contributed by atoms with Crippen molar-refractivity contribution in [3.05, 3.63) is 52.2 Å². The van der Waals surface area contributed by atoms with E-state index in [0.29, 0.717) is 18.7 Å². The van der Waals surface area contributed by atoms with Gasteiger partial charge in [-0.25, -0.2) is 8.42 Å². The summed E-state index contributed by atoms with van der Waals surface area (Å²) in [6.45, 7) is 3.05. The van der Waals surface area contributed by atoms with Gasteiger partial charge in [0.25, 0.3) is 5.91 Å². The Hall–Kier alpha value is -1.70. The number of sulfonamides is 1. The van der Waals surface area contributed by atoms with Gasteiger partial charge in [0.1, 0.15) is 0 Å². The van der Waals surface area contributed by atoms with E-state index in [4.69, 9.17) is 0 Å². The van der Waals surface area contributed by atoms with Crippen LogP contribution in [0.4, 0.5) is 0 Å². The molecule has 7 heteroatoms. The van der Waals surface area contributed by atoms with Crippen molar-refractivity contribution in [1.29, 1.82) is 0 Å². The fourth-order valence-electron chi connectivity index (χ4n) is 3.00. The second kappa shape index (κ2) is 7.68. The summed E-state index contributed by atoms with van der Waals surface area (Å²) in [6.07, 6.45) is 2.53. The van der Waals surface area contributed by atoms with Crippen LogP contribution in [0.25, 0.3) is 0 Å². The summed E-state index contributed by atoms with van der Waals surface area (Å²) in [4.78, 5) is 12.7. The van der Waals surface area contributed by atoms with Crippen LogP contribution >= 0.6 is 11.3 Å². The zero-order chi connectivity index (χ0) is 17.9. The van der Waals surface area contributed by atoms with E-state index < -0.39 is 10.0 Å². The molecule has 25 heavy (non-hydrogen) atoms. The van der Waals surface area contributed by atoms with Crippen LogP contribution in [0.3, 0.4) is 0 Å². The molecule has 1 N–H and O–H groups in total. The van der Waals surface area contributed by atoms with Crippen molar-refractivity contribution in [1.82, 2.24) is 9.62 Å². The largest absolute Gasteiger partial charge is 0.349 e. The molecule has 0 bridgehead atoms. The molecule has 2 heterocycles. The number of amides is 1. The lowest BCUT2D eigenvalue weighted by molar-refractivity contribution is 0.0940. The van der Waals surface area contributed by atoms with Gasteiger partial charge in [0.05, 0.1) is 4.90 Å². The van der Waals surface area contributed by atoms with Crippen LogP contribution in [0, 0.1) is 0 Å². The maximum absolute atomic E-state index is 12.6. The van der Waals surface area contributed by atoms with Crippen LogP contribution < -0.4 is 5.32 Å². The summed E-state index contributed by atoms with van der Waals surface area (Å²) in [5.41, 5.74) is 1.56. The van der Waals surface area contributed by atoms with Gasteiger partial charge < -0.3 is 5.32 Å². The number of hydrogen-bond acceptors (Lipinski definition) is 4. The van der Waals surface area contributed by atoms with Crippen LogP contribution in [-0.4, -0.2) is 37.8 Å². The van der Waals surface area contributed by atoms with E-state index in [-0.39, 0.29) is 16.8 Å². The molecule has 1 aliphatic heterocycles. The molecule has 134 valence electrons. The van der Waals surface area contributed by atoms with Crippen LogP contribution in [0.5, 0.6) is 0 Å². The highest BCUT2D eigenvalue weighted by Gasteiger charge is 2.27. The van der Waals surface area contributed by atoms with Gasteiger partial charge in [-0.2, -0.15) is 15.6 Å². The normalized spacial score (nSPS) is 16.7. The maximum Gasteiger partial charge on any atom is 0.251 e. The van der Waals surface area contributed by atoms with Crippen molar-refractivity contribution in [2.45, 2.75) is 37.1 Å². The predicted octanol–water partition coefficient (Wildman–Crippen LogP) is 2.89. The molecule has 3 rings (SSSR count). The molecule has 1 unspecified atom stereocenters. The van der Waals surface area contributed by atoms with Crippen LogP contribution in [0.15, 0.2) is 46.0 Å². The first kappa shape index (κ1) is 18.1. The predicted molar refractivity (Wildman–Crippen MR) is 99.4 cm³/mol. The summed E-state index contributed by atoms with van der Waals surface area (Å²) in [5.74, 6) is -0.249. The first-order valence-corrected chi connectivity index (χ1v) is 10.8. The number of hydrogen-bond donors (Lipinski definition) is 1.